The maximum absolute atomic E-state index is 14.1. The Labute approximate surface area is 126 Å². The number of benzene rings is 1. The molecule has 1 aliphatic heterocycles. The Morgan fingerprint density at radius 2 is 2.19 bits per heavy atom. The first-order valence-corrected chi connectivity index (χ1v) is 7.47. The molecule has 0 radical (unpaired) electrons. The zero-order valence-corrected chi connectivity index (χ0v) is 12.1. The minimum absolute atomic E-state index is 0.243. The van der Waals surface area contributed by atoms with Crippen LogP contribution in [0.1, 0.15) is 0 Å². The highest BCUT2D eigenvalue weighted by Gasteiger charge is 2.15. The number of anilines is 2. The molecule has 1 aromatic rings. The van der Waals surface area contributed by atoms with Crippen molar-refractivity contribution >= 4 is 34.7 Å². The van der Waals surface area contributed by atoms with Gasteiger partial charge in [-0.15, -0.1) is 0 Å². The van der Waals surface area contributed by atoms with Gasteiger partial charge in [-0.2, -0.15) is 22.1 Å². The SMILES string of the molecule is N#C/C(=N\Nc1ccc(N2CCSCC2)c(F)c1)C(=N)N. The van der Waals surface area contributed by atoms with Crippen LogP contribution in [0, 0.1) is 22.6 Å². The minimum atomic E-state index is -0.437. The second-order valence-electron chi connectivity index (χ2n) is 4.36. The van der Waals surface area contributed by atoms with Crippen LogP contribution in [0.25, 0.3) is 0 Å². The van der Waals surface area contributed by atoms with Gasteiger partial charge in [-0.3, -0.25) is 10.8 Å². The van der Waals surface area contributed by atoms with E-state index in [1.165, 1.54) is 6.07 Å². The van der Waals surface area contributed by atoms with Gasteiger partial charge in [0.05, 0.1) is 11.4 Å². The molecule has 1 aromatic carbocycles. The standard InChI is InChI=1S/C13H15FN6S/c14-10-7-9(18-19-11(8-15)13(16)17)1-2-12(10)20-3-5-21-6-4-20/h1-2,7,18H,3-6H2,(H3,16,17)/b19-11+. The van der Waals surface area contributed by atoms with Gasteiger partial charge in [0.2, 0.25) is 5.71 Å². The number of rotatable bonds is 4. The first kappa shape index (κ1) is 15.1. The van der Waals surface area contributed by atoms with E-state index in [-0.39, 0.29) is 11.5 Å². The highest BCUT2D eigenvalue weighted by Crippen LogP contribution is 2.25. The van der Waals surface area contributed by atoms with Crippen LogP contribution in [0.15, 0.2) is 23.3 Å². The summed E-state index contributed by atoms with van der Waals surface area (Å²) in [6, 6.07) is 6.36. The molecule has 0 amide bonds. The van der Waals surface area contributed by atoms with Crippen LogP contribution in [-0.2, 0) is 0 Å². The fourth-order valence-electron chi connectivity index (χ4n) is 1.90. The molecule has 110 valence electrons. The fraction of sp³-hybridized carbons (Fsp3) is 0.308. The molecular formula is C13H15FN6S. The Bertz CT molecular complexity index is 603. The average Bonchev–Trinajstić information content (AvgIpc) is 2.48. The molecular weight excluding hydrogens is 291 g/mol. The number of nitrogens with one attached hydrogen (secondary N) is 2. The summed E-state index contributed by atoms with van der Waals surface area (Å²) in [6.45, 7) is 1.66. The molecule has 2 rings (SSSR count). The number of nitrogens with zero attached hydrogens (tertiary/aromatic N) is 3. The van der Waals surface area contributed by atoms with E-state index in [1.807, 2.05) is 16.7 Å². The van der Waals surface area contributed by atoms with Crippen LogP contribution in [0.3, 0.4) is 0 Å². The summed E-state index contributed by atoms with van der Waals surface area (Å²) < 4.78 is 14.1. The molecule has 1 heterocycles. The van der Waals surface area contributed by atoms with Crippen LogP contribution in [-0.4, -0.2) is 36.1 Å². The smallest absolute Gasteiger partial charge is 0.201 e. The van der Waals surface area contributed by atoms with Crippen molar-refractivity contribution in [2.75, 3.05) is 34.9 Å². The quantitative estimate of drug-likeness (QED) is 0.445. The molecule has 0 atom stereocenters. The zero-order chi connectivity index (χ0) is 15.2. The fourth-order valence-corrected chi connectivity index (χ4v) is 2.81. The van der Waals surface area contributed by atoms with E-state index in [1.54, 1.807) is 18.2 Å². The minimum Gasteiger partial charge on any atom is -0.382 e. The molecule has 0 spiro atoms. The van der Waals surface area contributed by atoms with Crippen molar-refractivity contribution in [2.24, 2.45) is 10.8 Å². The van der Waals surface area contributed by atoms with Crippen molar-refractivity contribution in [3.05, 3.63) is 24.0 Å². The Balaban J connectivity index is 2.12. The Kier molecular flexibility index (Phi) is 5.00. The van der Waals surface area contributed by atoms with Crippen molar-refractivity contribution < 1.29 is 4.39 Å². The number of thioether (sulfide) groups is 1. The zero-order valence-electron chi connectivity index (χ0n) is 11.3. The third-order valence-corrected chi connectivity index (χ3v) is 3.90. The van der Waals surface area contributed by atoms with Gasteiger partial charge in [0.15, 0.2) is 5.84 Å². The van der Waals surface area contributed by atoms with E-state index >= 15 is 0 Å². The monoisotopic (exact) mass is 306 g/mol. The van der Waals surface area contributed by atoms with Crippen LogP contribution < -0.4 is 16.1 Å². The number of nitrogens with two attached hydrogens (primary N) is 1. The molecule has 8 heteroatoms. The van der Waals surface area contributed by atoms with Gasteiger partial charge in [0, 0.05) is 30.7 Å². The predicted molar refractivity (Wildman–Crippen MR) is 84.5 cm³/mol. The molecule has 0 unspecified atom stereocenters. The van der Waals surface area contributed by atoms with Gasteiger partial charge >= 0.3 is 0 Å². The Hall–Kier alpha value is -2.27. The Morgan fingerprint density at radius 3 is 2.76 bits per heavy atom. The van der Waals surface area contributed by atoms with E-state index in [2.05, 4.69) is 10.5 Å². The maximum atomic E-state index is 14.1. The van der Waals surface area contributed by atoms with E-state index in [0.29, 0.717) is 11.4 Å². The molecule has 4 N–H and O–H groups in total. The van der Waals surface area contributed by atoms with Crippen molar-refractivity contribution in [1.29, 1.82) is 10.7 Å². The summed E-state index contributed by atoms with van der Waals surface area (Å²) >= 11 is 1.86. The summed E-state index contributed by atoms with van der Waals surface area (Å²) in [4.78, 5) is 2.01. The summed E-state index contributed by atoms with van der Waals surface area (Å²) in [5.41, 5.74) is 8.42. The molecule has 0 bridgehead atoms. The molecule has 21 heavy (non-hydrogen) atoms. The highest BCUT2D eigenvalue weighted by molar-refractivity contribution is 7.99. The predicted octanol–water partition coefficient (Wildman–Crippen LogP) is 1.61. The lowest BCUT2D eigenvalue weighted by Crippen LogP contribution is -2.33. The number of amidine groups is 1. The van der Waals surface area contributed by atoms with Crippen molar-refractivity contribution in [3.63, 3.8) is 0 Å². The second kappa shape index (κ2) is 6.95. The van der Waals surface area contributed by atoms with Gasteiger partial charge in [0.25, 0.3) is 0 Å². The lowest BCUT2D eigenvalue weighted by atomic mass is 10.2. The summed E-state index contributed by atoms with van der Waals surface area (Å²) in [6.07, 6.45) is 0. The van der Waals surface area contributed by atoms with Crippen LogP contribution >= 0.6 is 11.8 Å². The highest BCUT2D eigenvalue weighted by atomic mass is 32.2. The summed E-state index contributed by atoms with van der Waals surface area (Å²) in [7, 11) is 0. The van der Waals surface area contributed by atoms with E-state index in [9.17, 15) is 4.39 Å². The van der Waals surface area contributed by atoms with Gasteiger partial charge in [-0.25, -0.2) is 4.39 Å². The largest absolute Gasteiger partial charge is 0.382 e. The molecule has 0 aromatic heterocycles. The maximum Gasteiger partial charge on any atom is 0.201 e. The topological polar surface area (TPSA) is 101 Å². The molecule has 0 aliphatic carbocycles. The number of halogens is 1. The lowest BCUT2D eigenvalue weighted by molar-refractivity contribution is 0.620. The molecule has 1 fully saturated rings. The second-order valence-corrected chi connectivity index (χ2v) is 5.59. The van der Waals surface area contributed by atoms with Crippen LogP contribution in [0.5, 0.6) is 0 Å². The first-order chi connectivity index (χ1) is 10.1. The van der Waals surface area contributed by atoms with Crippen molar-refractivity contribution in [1.82, 2.24) is 0 Å². The van der Waals surface area contributed by atoms with E-state index in [4.69, 9.17) is 16.4 Å². The van der Waals surface area contributed by atoms with Gasteiger partial charge in [-0.05, 0) is 12.1 Å². The van der Waals surface area contributed by atoms with Crippen molar-refractivity contribution in [3.8, 4) is 6.07 Å². The number of hydrogen-bond acceptors (Lipinski definition) is 6. The van der Waals surface area contributed by atoms with Gasteiger partial charge in [0.1, 0.15) is 11.9 Å². The van der Waals surface area contributed by atoms with Crippen molar-refractivity contribution in [2.45, 2.75) is 0 Å². The Morgan fingerprint density at radius 1 is 1.48 bits per heavy atom. The number of hydrazone groups is 1. The summed E-state index contributed by atoms with van der Waals surface area (Å²) in [5, 5.41) is 19.5. The van der Waals surface area contributed by atoms with E-state index in [0.717, 1.165) is 24.6 Å². The number of nitriles is 1. The van der Waals surface area contributed by atoms with Gasteiger partial charge < -0.3 is 10.6 Å². The molecule has 6 nitrogen and oxygen atoms in total. The molecule has 1 aliphatic rings. The molecule has 1 saturated heterocycles. The first-order valence-electron chi connectivity index (χ1n) is 6.32. The third-order valence-electron chi connectivity index (χ3n) is 2.96. The third kappa shape index (κ3) is 3.86. The van der Waals surface area contributed by atoms with Gasteiger partial charge in [-0.1, -0.05) is 0 Å². The van der Waals surface area contributed by atoms with Crippen LogP contribution in [0.4, 0.5) is 15.8 Å². The lowest BCUT2D eigenvalue weighted by Gasteiger charge is -2.28. The molecule has 0 saturated carbocycles. The normalized spacial score (nSPS) is 15.4. The van der Waals surface area contributed by atoms with Crippen LogP contribution in [0.2, 0.25) is 0 Å². The average molecular weight is 306 g/mol. The summed E-state index contributed by atoms with van der Waals surface area (Å²) in [5.74, 6) is 1.21. The van der Waals surface area contributed by atoms with E-state index < -0.39 is 5.84 Å². The number of hydrogen-bond donors (Lipinski definition) is 3.